The van der Waals surface area contributed by atoms with Crippen molar-refractivity contribution in [1.29, 1.82) is 0 Å². The Morgan fingerprint density at radius 2 is 2.32 bits per heavy atom. The molecule has 7 heteroatoms. The van der Waals surface area contributed by atoms with Crippen LogP contribution in [0.2, 0.25) is 0 Å². The lowest BCUT2D eigenvalue weighted by Gasteiger charge is -2.48. The third-order valence-electron chi connectivity index (χ3n) is 4.22. The lowest BCUT2D eigenvalue weighted by Crippen LogP contribution is -2.59. The minimum atomic E-state index is -3.48. The van der Waals surface area contributed by atoms with Crippen molar-refractivity contribution in [1.82, 2.24) is 19.6 Å². The molecule has 19 heavy (non-hydrogen) atoms. The summed E-state index contributed by atoms with van der Waals surface area (Å²) in [6.45, 7) is 0.884. The van der Waals surface area contributed by atoms with E-state index in [4.69, 9.17) is 0 Å². The Hall–Kier alpha value is -0.920. The van der Waals surface area contributed by atoms with Gasteiger partial charge in [-0.1, -0.05) is 0 Å². The first kappa shape index (κ1) is 13.1. The molecular formula is C12H20N4O2S. The van der Waals surface area contributed by atoms with Crippen molar-refractivity contribution >= 4 is 10.0 Å². The molecule has 0 bridgehead atoms. The van der Waals surface area contributed by atoms with Gasteiger partial charge in [-0.25, -0.2) is 18.1 Å². The number of imidazole rings is 1. The topological polar surface area (TPSA) is 76.0 Å². The molecule has 1 atom stereocenters. The van der Waals surface area contributed by atoms with Crippen LogP contribution in [0, 0.1) is 0 Å². The average molecular weight is 284 g/mol. The summed E-state index contributed by atoms with van der Waals surface area (Å²) >= 11 is 0. The van der Waals surface area contributed by atoms with Gasteiger partial charge in [-0.05, 0) is 38.6 Å². The number of piperidine rings is 1. The molecular weight excluding hydrogens is 264 g/mol. The van der Waals surface area contributed by atoms with Crippen LogP contribution in [0.15, 0.2) is 17.6 Å². The van der Waals surface area contributed by atoms with Gasteiger partial charge < -0.3 is 9.88 Å². The minimum Gasteiger partial charge on any atom is -0.339 e. The molecule has 0 aromatic carbocycles. The van der Waals surface area contributed by atoms with E-state index in [2.05, 4.69) is 15.0 Å². The van der Waals surface area contributed by atoms with Gasteiger partial charge in [0.25, 0.3) is 10.0 Å². The van der Waals surface area contributed by atoms with Gasteiger partial charge >= 0.3 is 0 Å². The Morgan fingerprint density at radius 1 is 1.53 bits per heavy atom. The molecule has 1 saturated heterocycles. The van der Waals surface area contributed by atoms with Gasteiger partial charge in [0.15, 0.2) is 5.03 Å². The second-order valence-corrected chi connectivity index (χ2v) is 7.41. The maximum atomic E-state index is 12.2. The highest BCUT2D eigenvalue weighted by atomic mass is 32.2. The van der Waals surface area contributed by atoms with Crippen LogP contribution < -0.4 is 10.0 Å². The molecule has 1 aromatic heterocycles. The highest BCUT2D eigenvalue weighted by Crippen LogP contribution is 2.38. The normalized spacial score (nSPS) is 26.3. The van der Waals surface area contributed by atoms with Crippen molar-refractivity contribution in [3.05, 3.63) is 12.5 Å². The van der Waals surface area contributed by atoms with Gasteiger partial charge in [-0.2, -0.15) is 0 Å². The van der Waals surface area contributed by atoms with Crippen LogP contribution in [0.25, 0.3) is 0 Å². The van der Waals surface area contributed by atoms with Gasteiger partial charge in [-0.3, -0.25) is 0 Å². The van der Waals surface area contributed by atoms with E-state index in [1.54, 1.807) is 11.6 Å². The Labute approximate surface area is 113 Å². The molecule has 106 valence electrons. The fourth-order valence-electron chi connectivity index (χ4n) is 3.05. The minimum absolute atomic E-state index is 0.0218. The number of aromatic nitrogens is 2. The molecule has 2 N–H and O–H groups in total. The van der Waals surface area contributed by atoms with E-state index in [0.29, 0.717) is 0 Å². The predicted octanol–water partition coefficient (Wildman–Crippen LogP) is 0.373. The Bertz CT molecular complexity index is 562. The third-order valence-corrected chi connectivity index (χ3v) is 5.62. The zero-order valence-electron chi connectivity index (χ0n) is 11.1. The first-order chi connectivity index (χ1) is 8.99. The number of hydrogen-bond acceptors (Lipinski definition) is 4. The Morgan fingerprint density at radius 3 is 2.89 bits per heavy atom. The molecule has 1 spiro atoms. The standard InChI is InChI=1S/C12H20N4O2S/c1-16-8-11(13-9-16)19(17,18)15-10-3-6-14-12(7-10)4-2-5-12/h8-10,14-15H,2-7H2,1H3. The van der Waals surface area contributed by atoms with Crippen molar-refractivity contribution in [3.63, 3.8) is 0 Å². The number of rotatable bonds is 3. The highest BCUT2D eigenvalue weighted by Gasteiger charge is 2.41. The van der Waals surface area contributed by atoms with Crippen LogP contribution >= 0.6 is 0 Å². The van der Waals surface area contributed by atoms with Crippen molar-refractivity contribution in [3.8, 4) is 0 Å². The van der Waals surface area contributed by atoms with Crippen molar-refractivity contribution in [2.24, 2.45) is 7.05 Å². The van der Waals surface area contributed by atoms with Gasteiger partial charge in [-0.15, -0.1) is 0 Å². The van der Waals surface area contributed by atoms with Crippen LogP contribution in [0.3, 0.4) is 0 Å². The lowest BCUT2D eigenvalue weighted by atomic mass is 9.70. The average Bonchev–Trinajstić information content (AvgIpc) is 2.74. The van der Waals surface area contributed by atoms with Crippen molar-refractivity contribution < 1.29 is 8.42 Å². The predicted molar refractivity (Wildman–Crippen MR) is 71.1 cm³/mol. The van der Waals surface area contributed by atoms with Crippen LogP contribution in [0.4, 0.5) is 0 Å². The maximum Gasteiger partial charge on any atom is 0.259 e. The molecule has 3 rings (SSSR count). The zero-order chi connectivity index (χ0) is 13.5. The molecule has 1 aromatic rings. The first-order valence-corrected chi connectivity index (χ1v) is 8.23. The number of aryl methyl sites for hydroxylation is 1. The fourth-order valence-corrected chi connectivity index (χ4v) is 4.30. The molecule has 1 unspecified atom stereocenters. The molecule has 0 amide bonds. The van der Waals surface area contributed by atoms with E-state index in [9.17, 15) is 8.42 Å². The highest BCUT2D eigenvalue weighted by molar-refractivity contribution is 7.89. The van der Waals surface area contributed by atoms with E-state index >= 15 is 0 Å². The second kappa shape index (κ2) is 4.57. The molecule has 2 heterocycles. The fraction of sp³-hybridized carbons (Fsp3) is 0.750. The summed E-state index contributed by atoms with van der Waals surface area (Å²) in [5.41, 5.74) is 0.190. The smallest absolute Gasteiger partial charge is 0.259 e. The molecule has 1 saturated carbocycles. The molecule has 2 fully saturated rings. The van der Waals surface area contributed by atoms with Crippen LogP contribution in [0.1, 0.15) is 32.1 Å². The third kappa shape index (κ3) is 2.54. The zero-order valence-corrected chi connectivity index (χ0v) is 11.9. The van der Waals surface area contributed by atoms with Gasteiger partial charge in [0.05, 0.1) is 6.33 Å². The summed E-state index contributed by atoms with van der Waals surface area (Å²) < 4.78 is 28.9. The molecule has 6 nitrogen and oxygen atoms in total. The van der Waals surface area contributed by atoms with Gasteiger partial charge in [0, 0.05) is 24.8 Å². The van der Waals surface area contributed by atoms with Crippen LogP contribution in [-0.4, -0.2) is 36.1 Å². The molecule has 1 aliphatic heterocycles. The molecule has 0 radical (unpaired) electrons. The second-order valence-electron chi connectivity index (χ2n) is 5.75. The van der Waals surface area contributed by atoms with Crippen molar-refractivity contribution in [2.75, 3.05) is 6.54 Å². The molecule has 2 aliphatic rings. The van der Waals surface area contributed by atoms with Crippen molar-refractivity contribution in [2.45, 2.75) is 48.7 Å². The van der Waals surface area contributed by atoms with Gasteiger partial charge in [0.2, 0.25) is 0 Å². The van der Waals surface area contributed by atoms with E-state index in [1.165, 1.54) is 18.9 Å². The van der Waals surface area contributed by atoms with E-state index in [1.807, 2.05) is 0 Å². The summed E-state index contributed by atoms with van der Waals surface area (Å²) in [4.78, 5) is 3.92. The summed E-state index contributed by atoms with van der Waals surface area (Å²) in [6, 6.07) is 0.0218. The van der Waals surface area contributed by atoms with E-state index in [-0.39, 0.29) is 16.6 Å². The Kier molecular flexibility index (Phi) is 3.15. The van der Waals surface area contributed by atoms with Gasteiger partial charge in [0.1, 0.15) is 0 Å². The SMILES string of the molecule is Cn1cnc(S(=O)(=O)NC2CCNC3(CCC3)C2)c1. The quantitative estimate of drug-likeness (QED) is 0.841. The number of nitrogens with zero attached hydrogens (tertiary/aromatic N) is 2. The molecule has 1 aliphatic carbocycles. The monoisotopic (exact) mass is 284 g/mol. The van der Waals surface area contributed by atoms with E-state index in [0.717, 1.165) is 32.2 Å². The van der Waals surface area contributed by atoms with Crippen LogP contribution in [0.5, 0.6) is 0 Å². The van der Waals surface area contributed by atoms with E-state index < -0.39 is 10.0 Å². The number of hydrogen-bond donors (Lipinski definition) is 2. The number of sulfonamides is 1. The summed E-state index contributed by atoms with van der Waals surface area (Å²) in [7, 11) is -1.72. The Balaban J connectivity index is 1.70. The number of nitrogens with one attached hydrogen (secondary N) is 2. The largest absolute Gasteiger partial charge is 0.339 e. The lowest BCUT2D eigenvalue weighted by molar-refractivity contribution is 0.126. The first-order valence-electron chi connectivity index (χ1n) is 6.75. The maximum absolute atomic E-state index is 12.2. The summed E-state index contributed by atoms with van der Waals surface area (Å²) in [5, 5.41) is 3.64. The summed E-state index contributed by atoms with van der Waals surface area (Å²) in [6.07, 6.45) is 8.33. The van der Waals surface area contributed by atoms with Crippen LogP contribution in [-0.2, 0) is 17.1 Å². The summed E-state index contributed by atoms with van der Waals surface area (Å²) in [5.74, 6) is 0.